The molecule has 0 fully saturated rings. The number of carboxylic acids is 1. The van der Waals surface area contributed by atoms with Gasteiger partial charge in [0.05, 0.1) is 21.9 Å². The fraction of sp³-hybridized carbons (Fsp3) is 0. The zero-order valence-corrected chi connectivity index (χ0v) is 10.7. The third kappa shape index (κ3) is 4.57. The third-order valence-electron chi connectivity index (χ3n) is 1.85. The van der Waals surface area contributed by atoms with Crippen molar-refractivity contribution in [1.82, 2.24) is 0 Å². The smallest absolute Gasteiger partial charge is 0.348 e. The molecular formula is C10H7Cl2N3O4. The average Bonchev–Trinajstić information content (AvgIpc) is 2.38. The van der Waals surface area contributed by atoms with Crippen LogP contribution in [-0.2, 0) is 4.79 Å². The van der Waals surface area contributed by atoms with Gasteiger partial charge in [-0.1, -0.05) is 23.2 Å². The molecule has 7 nitrogen and oxygen atoms in total. The number of carboxylic acid groups (broad SMARTS) is 1. The molecule has 0 atom stereocenters. The molecule has 0 saturated heterocycles. The van der Waals surface area contributed by atoms with Crippen LogP contribution in [0, 0.1) is 10.1 Å². The number of rotatable bonds is 5. The van der Waals surface area contributed by atoms with Gasteiger partial charge in [0.25, 0.3) is 5.69 Å². The van der Waals surface area contributed by atoms with Crippen LogP contribution in [0.15, 0.2) is 39.4 Å². The second-order valence-electron chi connectivity index (χ2n) is 3.14. The van der Waals surface area contributed by atoms with E-state index in [0.717, 1.165) is 6.21 Å². The number of benzene rings is 1. The monoisotopic (exact) mass is 303 g/mol. The number of halogens is 2. The Morgan fingerprint density at radius 2 is 1.95 bits per heavy atom. The second kappa shape index (κ2) is 6.72. The molecule has 0 amide bonds. The third-order valence-corrected chi connectivity index (χ3v) is 2.60. The molecule has 0 aromatic heterocycles. The quantitative estimate of drug-likeness (QED) is 0.376. The van der Waals surface area contributed by atoms with Crippen molar-refractivity contribution >= 4 is 46.8 Å². The fourth-order valence-corrected chi connectivity index (χ4v) is 1.16. The van der Waals surface area contributed by atoms with Crippen LogP contribution < -0.4 is 5.43 Å². The molecule has 19 heavy (non-hydrogen) atoms. The number of nitro groups is 1. The number of non-ortho nitro benzene ring substituents is 1. The van der Waals surface area contributed by atoms with E-state index in [2.05, 4.69) is 10.5 Å². The lowest BCUT2D eigenvalue weighted by molar-refractivity contribution is -0.384. The number of carbonyl (C=O) groups is 1. The van der Waals surface area contributed by atoms with Crippen LogP contribution in [0.5, 0.6) is 0 Å². The highest BCUT2D eigenvalue weighted by molar-refractivity contribution is 6.51. The topological polar surface area (TPSA) is 105 Å². The van der Waals surface area contributed by atoms with Gasteiger partial charge in [-0.2, -0.15) is 5.10 Å². The molecule has 2 N–H and O–H groups in total. The lowest BCUT2D eigenvalue weighted by Gasteiger charge is -1.99. The van der Waals surface area contributed by atoms with Crippen molar-refractivity contribution in [2.75, 3.05) is 5.43 Å². The molecule has 0 spiro atoms. The van der Waals surface area contributed by atoms with E-state index in [-0.39, 0.29) is 10.7 Å². The molecule has 0 aliphatic carbocycles. The maximum Gasteiger partial charge on any atom is 0.348 e. The molecule has 100 valence electrons. The fourth-order valence-electron chi connectivity index (χ4n) is 0.980. The maximum absolute atomic E-state index is 10.5. The van der Waals surface area contributed by atoms with E-state index in [0.29, 0.717) is 5.69 Å². The molecule has 1 aromatic carbocycles. The molecular weight excluding hydrogens is 297 g/mol. The first kappa shape index (κ1) is 14.9. The molecule has 0 bridgehead atoms. The lowest BCUT2D eigenvalue weighted by atomic mass is 10.3. The van der Waals surface area contributed by atoms with E-state index in [1.54, 1.807) is 0 Å². The Morgan fingerprint density at radius 1 is 1.37 bits per heavy atom. The summed E-state index contributed by atoms with van der Waals surface area (Å²) in [6.07, 6.45) is 1.01. The van der Waals surface area contributed by atoms with Gasteiger partial charge in [-0.15, -0.1) is 0 Å². The Bertz CT molecular complexity index is 554. The van der Waals surface area contributed by atoms with E-state index in [1.165, 1.54) is 24.3 Å². The highest BCUT2D eigenvalue weighted by atomic mass is 35.5. The van der Waals surface area contributed by atoms with Gasteiger partial charge in [-0.3, -0.25) is 15.5 Å². The van der Waals surface area contributed by atoms with Gasteiger partial charge in [0.2, 0.25) is 0 Å². The summed E-state index contributed by atoms with van der Waals surface area (Å²) >= 11 is 10.9. The van der Waals surface area contributed by atoms with Crippen LogP contribution in [0.4, 0.5) is 11.4 Å². The zero-order chi connectivity index (χ0) is 14.4. The lowest BCUT2D eigenvalue weighted by Crippen LogP contribution is -1.98. The van der Waals surface area contributed by atoms with Crippen molar-refractivity contribution in [2.45, 2.75) is 0 Å². The summed E-state index contributed by atoms with van der Waals surface area (Å²) in [5, 5.41) is 21.8. The highest BCUT2D eigenvalue weighted by Crippen LogP contribution is 2.16. The number of nitrogens with zero attached hydrogens (tertiary/aromatic N) is 2. The van der Waals surface area contributed by atoms with Gasteiger partial charge in [-0.05, 0) is 12.1 Å². The van der Waals surface area contributed by atoms with Crippen LogP contribution in [0.2, 0.25) is 0 Å². The number of hydrogen-bond donors (Lipinski definition) is 2. The highest BCUT2D eigenvalue weighted by Gasteiger charge is 2.07. The van der Waals surface area contributed by atoms with Crippen LogP contribution in [0.25, 0.3) is 0 Å². The number of anilines is 1. The zero-order valence-electron chi connectivity index (χ0n) is 9.21. The second-order valence-corrected chi connectivity index (χ2v) is 3.93. The number of nitrogens with one attached hydrogen (secondary N) is 1. The van der Waals surface area contributed by atoms with Gasteiger partial charge in [-0.25, -0.2) is 4.79 Å². The molecule has 0 unspecified atom stereocenters. The van der Waals surface area contributed by atoms with Gasteiger partial charge < -0.3 is 5.11 Å². The van der Waals surface area contributed by atoms with Crippen molar-refractivity contribution < 1.29 is 14.8 Å². The number of hydrogen-bond acceptors (Lipinski definition) is 5. The first-order valence-corrected chi connectivity index (χ1v) is 5.49. The number of aliphatic carboxylic acids is 1. The largest absolute Gasteiger partial charge is 0.477 e. The van der Waals surface area contributed by atoms with Crippen LogP contribution in [-0.4, -0.2) is 22.2 Å². The average molecular weight is 304 g/mol. The summed E-state index contributed by atoms with van der Waals surface area (Å²) in [6, 6.07) is 5.46. The van der Waals surface area contributed by atoms with E-state index < -0.39 is 15.9 Å². The van der Waals surface area contributed by atoms with Gasteiger partial charge >= 0.3 is 5.97 Å². The molecule has 0 radical (unpaired) electrons. The number of allylic oxidation sites excluding steroid dienone is 1. The molecule has 0 saturated carbocycles. The minimum absolute atomic E-state index is 0.0543. The minimum atomic E-state index is -1.37. The summed E-state index contributed by atoms with van der Waals surface area (Å²) in [6.45, 7) is 0. The maximum atomic E-state index is 10.5. The summed E-state index contributed by atoms with van der Waals surface area (Å²) in [7, 11) is 0. The molecule has 1 rings (SSSR count). The standard InChI is InChI=1S/C10H7Cl2N3O4/c11-8(9(12)10(16)17)5-13-14-6-1-3-7(4-2-6)15(18)19/h1-5,14H,(H,16,17). The van der Waals surface area contributed by atoms with Crippen LogP contribution >= 0.6 is 23.2 Å². The Morgan fingerprint density at radius 3 is 2.42 bits per heavy atom. The minimum Gasteiger partial charge on any atom is -0.477 e. The van der Waals surface area contributed by atoms with E-state index in [1.807, 2.05) is 0 Å². The van der Waals surface area contributed by atoms with Crippen LogP contribution in [0.3, 0.4) is 0 Å². The Kier molecular flexibility index (Phi) is 5.28. The van der Waals surface area contributed by atoms with Crippen molar-refractivity contribution in [3.8, 4) is 0 Å². The van der Waals surface area contributed by atoms with E-state index in [4.69, 9.17) is 28.3 Å². The molecule has 1 aromatic rings. The Labute approximate surface area is 117 Å². The molecule has 0 aliphatic rings. The normalized spacial score (nSPS) is 12.1. The van der Waals surface area contributed by atoms with Crippen LogP contribution in [0.1, 0.15) is 0 Å². The SMILES string of the molecule is O=C(O)C(Cl)=C(Cl)C=NNc1ccc([N+](=O)[O-])cc1. The first-order valence-electron chi connectivity index (χ1n) is 4.74. The Balaban J connectivity index is 2.69. The van der Waals surface area contributed by atoms with Gasteiger partial charge in [0.1, 0.15) is 5.03 Å². The molecule has 0 heterocycles. The number of hydrazone groups is 1. The Hall–Kier alpha value is -2.12. The first-order chi connectivity index (χ1) is 8.91. The summed E-state index contributed by atoms with van der Waals surface area (Å²) in [5.74, 6) is -1.37. The molecule has 9 heteroatoms. The van der Waals surface area contributed by atoms with Crippen molar-refractivity contribution in [3.05, 3.63) is 44.4 Å². The van der Waals surface area contributed by atoms with E-state index >= 15 is 0 Å². The predicted octanol–water partition coefficient (Wildman–Crippen LogP) is 2.77. The van der Waals surface area contributed by atoms with Crippen molar-refractivity contribution in [2.24, 2.45) is 5.10 Å². The summed E-state index contributed by atoms with van der Waals surface area (Å²) in [4.78, 5) is 20.3. The summed E-state index contributed by atoms with van der Waals surface area (Å²) in [5.41, 5.74) is 2.93. The predicted molar refractivity (Wildman–Crippen MR) is 71.6 cm³/mol. The van der Waals surface area contributed by atoms with Crippen molar-refractivity contribution in [1.29, 1.82) is 0 Å². The van der Waals surface area contributed by atoms with Gasteiger partial charge in [0, 0.05) is 12.1 Å². The number of nitro benzene ring substituents is 1. The van der Waals surface area contributed by atoms with E-state index in [9.17, 15) is 14.9 Å². The van der Waals surface area contributed by atoms with Gasteiger partial charge in [0.15, 0.2) is 0 Å². The molecule has 0 aliphatic heterocycles. The summed E-state index contributed by atoms with van der Waals surface area (Å²) < 4.78 is 0. The van der Waals surface area contributed by atoms with Crippen molar-refractivity contribution in [3.63, 3.8) is 0 Å².